The van der Waals surface area contributed by atoms with Crippen LogP contribution in [0.3, 0.4) is 0 Å². The highest BCUT2D eigenvalue weighted by molar-refractivity contribution is 6.10. The molecule has 0 saturated heterocycles. The summed E-state index contributed by atoms with van der Waals surface area (Å²) in [4.78, 5) is 6.84. The van der Waals surface area contributed by atoms with Crippen molar-refractivity contribution < 1.29 is 9.15 Å². The molecular weight excluding hydrogens is 506 g/mol. The second-order valence-corrected chi connectivity index (χ2v) is 10.4. The molecule has 194 valence electrons. The van der Waals surface area contributed by atoms with E-state index in [0.717, 1.165) is 56.2 Å². The zero-order chi connectivity index (χ0) is 26.9. The predicted molar refractivity (Wildman–Crippen MR) is 165 cm³/mol. The molecule has 1 unspecified atom stereocenters. The minimum atomic E-state index is -0.282. The first-order valence-corrected chi connectivity index (χ1v) is 13.7. The third-order valence-corrected chi connectivity index (χ3v) is 8.13. The average Bonchev–Trinajstić information content (AvgIpc) is 3.60. The molecule has 7 aromatic rings. The first-order valence-electron chi connectivity index (χ1n) is 13.7. The second-order valence-electron chi connectivity index (χ2n) is 10.4. The molecule has 0 radical (unpaired) electrons. The lowest BCUT2D eigenvalue weighted by Crippen LogP contribution is -2.39. The Hall–Kier alpha value is -5.55. The van der Waals surface area contributed by atoms with Crippen molar-refractivity contribution in [2.45, 2.75) is 6.23 Å². The average molecular weight is 530 g/mol. The highest BCUT2D eigenvalue weighted by atomic mass is 16.5. The summed E-state index contributed by atoms with van der Waals surface area (Å²) < 4.78 is 12.8. The number of furan rings is 1. The molecule has 5 aromatic carbocycles. The Morgan fingerprint density at radius 1 is 0.707 bits per heavy atom. The number of benzene rings is 5. The molecule has 1 atom stereocenters. The van der Waals surface area contributed by atoms with Gasteiger partial charge in [-0.3, -0.25) is 9.88 Å². The maximum Gasteiger partial charge on any atom is 0.198 e. The molecule has 1 N–H and O–H groups in total. The molecule has 0 bridgehead atoms. The number of rotatable bonds is 3. The molecule has 0 amide bonds. The lowest BCUT2D eigenvalue weighted by atomic mass is 10.0. The van der Waals surface area contributed by atoms with E-state index >= 15 is 0 Å². The summed E-state index contributed by atoms with van der Waals surface area (Å²) in [6, 6.07) is 37.8. The molecule has 0 aliphatic carbocycles. The summed E-state index contributed by atoms with van der Waals surface area (Å²) >= 11 is 0. The van der Waals surface area contributed by atoms with Gasteiger partial charge in [-0.25, -0.2) is 0 Å². The van der Waals surface area contributed by atoms with Crippen LogP contribution in [-0.2, 0) is 0 Å². The van der Waals surface area contributed by atoms with Crippen LogP contribution in [0.25, 0.3) is 49.2 Å². The van der Waals surface area contributed by atoms with Crippen LogP contribution in [0.15, 0.2) is 138 Å². The van der Waals surface area contributed by atoms with Gasteiger partial charge in [0, 0.05) is 28.4 Å². The SMILES string of the molecule is C1=C2c3ccccc3OC2NC(N(c2ccc3c(ccc4ccccc43)c2)c2cccc3c2oc2cccnc23)=C1. The first-order chi connectivity index (χ1) is 20.3. The van der Waals surface area contributed by atoms with Crippen LogP contribution < -0.4 is 15.0 Å². The number of ether oxygens (including phenoxy) is 1. The lowest BCUT2D eigenvalue weighted by Gasteiger charge is -2.32. The van der Waals surface area contributed by atoms with E-state index in [1.807, 2.05) is 36.5 Å². The van der Waals surface area contributed by atoms with E-state index in [-0.39, 0.29) is 6.23 Å². The number of hydrogen-bond donors (Lipinski definition) is 1. The van der Waals surface area contributed by atoms with Gasteiger partial charge in [0.2, 0.25) is 0 Å². The molecule has 0 fully saturated rings. The number of anilines is 2. The van der Waals surface area contributed by atoms with Gasteiger partial charge in [0.25, 0.3) is 0 Å². The molecule has 2 aromatic heterocycles. The molecule has 9 rings (SSSR count). The molecule has 41 heavy (non-hydrogen) atoms. The molecule has 5 nitrogen and oxygen atoms in total. The van der Waals surface area contributed by atoms with Crippen LogP contribution in [0.2, 0.25) is 0 Å². The predicted octanol–water partition coefficient (Wildman–Crippen LogP) is 8.67. The largest absolute Gasteiger partial charge is 0.466 e. The fourth-order valence-electron chi connectivity index (χ4n) is 6.24. The maximum atomic E-state index is 6.45. The van der Waals surface area contributed by atoms with Gasteiger partial charge in [-0.1, -0.05) is 66.7 Å². The Labute approximate surface area is 235 Å². The molecule has 0 spiro atoms. The summed E-state index contributed by atoms with van der Waals surface area (Å²) in [5.41, 5.74) is 6.59. The van der Waals surface area contributed by atoms with Crippen LogP contribution in [0.4, 0.5) is 11.4 Å². The summed E-state index contributed by atoms with van der Waals surface area (Å²) in [5.74, 6) is 1.79. The molecule has 2 aliphatic rings. The van der Waals surface area contributed by atoms with Crippen molar-refractivity contribution in [2.24, 2.45) is 0 Å². The monoisotopic (exact) mass is 529 g/mol. The first kappa shape index (κ1) is 22.3. The molecule has 2 aliphatic heterocycles. The highest BCUT2D eigenvalue weighted by Crippen LogP contribution is 2.43. The van der Waals surface area contributed by atoms with Gasteiger partial charge < -0.3 is 14.5 Å². The number of aromatic nitrogens is 1. The third kappa shape index (κ3) is 3.33. The zero-order valence-corrected chi connectivity index (χ0v) is 21.9. The number of nitrogens with one attached hydrogen (secondary N) is 1. The number of para-hydroxylation sites is 2. The summed E-state index contributed by atoms with van der Waals surface area (Å²) in [7, 11) is 0. The fourth-order valence-corrected chi connectivity index (χ4v) is 6.24. The van der Waals surface area contributed by atoms with Crippen molar-refractivity contribution in [1.29, 1.82) is 0 Å². The van der Waals surface area contributed by atoms with Gasteiger partial charge in [0.05, 0.1) is 5.69 Å². The van der Waals surface area contributed by atoms with Gasteiger partial charge in [0.1, 0.15) is 17.1 Å². The Bertz CT molecular complexity index is 2240. The van der Waals surface area contributed by atoms with E-state index < -0.39 is 0 Å². The van der Waals surface area contributed by atoms with Crippen molar-refractivity contribution in [1.82, 2.24) is 10.3 Å². The number of allylic oxidation sites excluding steroid dienone is 2. The quantitative estimate of drug-likeness (QED) is 0.232. The summed E-state index contributed by atoms with van der Waals surface area (Å²) in [6.07, 6.45) is 5.81. The van der Waals surface area contributed by atoms with E-state index in [9.17, 15) is 0 Å². The summed E-state index contributed by atoms with van der Waals surface area (Å²) in [6.45, 7) is 0. The van der Waals surface area contributed by atoms with Gasteiger partial charge in [-0.2, -0.15) is 0 Å². The third-order valence-electron chi connectivity index (χ3n) is 8.13. The normalized spacial score (nSPS) is 15.8. The van der Waals surface area contributed by atoms with Crippen molar-refractivity contribution in [3.05, 3.63) is 139 Å². The zero-order valence-electron chi connectivity index (χ0n) is 21.9. The van der Waals surface area contributed by atoms with Crippen molar-refractivity contribution in [3.8, 4) is 5.75 Å². The van der Waals surface area contributed by atoms with E-state index in [2.05, 4.69) is 106 Å². The fraction of sp³-hybridized carbons (Fsp3) is 0.0278. The van der Waals surface area contributed by atoms with Crippen LogP contribution in [0.1, 0.15) is 5.56 Å². The number of fused-ring (bicyclic) bond motifs is 9. The van der Waals surface area contributed by atoms with Crippen LogP contribution >= 0.6 is 0 Å². The molecule has 0 saturated carbocycles. The van der Waals surface area contributed by atoms with Crippen molar-refractivity contribution >= 4 is 60.6 Å². The van der Waals surface area contributed by atoms with Gasteiger partial charge >= 0.3 is 0 Å². The minimum absolute atomic E-state index is 0.282. The van der Waals surface area contributed by atoms with E-state index in [1.165, 1.54) is 21.5 Å². The number of dihydropyridines is 1. The van der Waals surface area contributed by atoms with E-state index in [1.54, 1.807) is 0 Å². The Kier molecular flexibility index (Phi) is 4.61. The number of nitrogens with zero attached hydrogens (tertiary/aromatic N) is 2. The smallest absolute Gasteiger partial charge is 0.198 e. The Morgan fingerprint density at radius 3 is 2.56 bits per heavy atom. The topological polar surface area (TPSA) is 50.5 Å². The van der Waals surface area contributed by atoms with Crippen molar-refractivity contribution in [2.75, 3.05) is 4.90 Å². The van der Waals surface area contributed by atoms with Crippen LogP contribution in [0.5, 0.6) is 5.75 Å². The molecular formula is C36H23N3O2. The van der Waals surface area contributed by atoms with Crippen LogP contribution in [-0.4, -0.2) is 11.2 Å². The highest BCUT2D eigenvalue weighted by Gasteiger charge is 2.33. The Morgan fingerprint density at radius 2 is 1.56 bits per heavy atom. The lowest BCUT2D eigenvalue weighted by molar-refractivity contribution is 0.248. The maximum absolute atomic E-state index is 6.45. The molecule has 5 heteroatoms. The van der Waals surface area contributed by atoms with Gasteiger partial charge in [-0.15, -0.1) is 0 Å². The van der Waals surface area contributed by atoms with Crippen molar-refractivity contribution in [3.63, 3.8) is 0 Å². The van der Waals surface area contributed by atoms with Crippen LogP contribution in [0, 0.1) is 0 Å². The van der Waals surface area contributed by atoms with Gasteiger partial charge in [0.15, 0.2) is 17.4 Å². The number of hydrogen-bond acceptors (Lipinski definition) is 5. The Balaban J connectivity index is 1.26. The van der Waals surface area contributed by atoms with E-state index in [0.29, 0.717) is 0 Å². The minimum Gasteiger partial charge on any atom is -0.466 e. The standard InChI is InChI=1S/C36H23N3O2/c1-2-8-25-22(7-1)14-15-23-21-24(16-17-26(23)25)39(30-11-5-10-29-34-32(40-35(29)30)13-6-20-37-34)33-19-18-28-27-9-3-4-12-31(27)41-36(28)38-33/h1-21,36,38H. The summed E-state index contributed by atoms with van der Waals surface area (Å²) in [5, 5.41) is 9.52. The second kappa shape index (κ2) is 8.47. The van der Waals surface area contributed by atoms with Gasteiger partial charge in [-0.05, 0) is 76.2 Å². The number of pyridine rings is 1. The van der Waals surface area contributed by atoms with E-state index in [4.69, 9.17) is 9.15 Å². The molecule has 4 heterocycles.